The normalized spacial score (nSPS) is 10.7. The number of nitrogens with zero attached hydrogens (tertiary/aromatic N) is 2. The zero-order chi connectivity index (χ0) is 18.0. The van der Waals surface area contributed by atoms with Crippen molar-refractivity contribution in [3.05, 3.63) is 76.2 Å². The number of hydrogen-bond donors (Lipinski definition) is 1. The molecule has 0 aliphatic carbocycles. The number of rotatable bonds is 4. The minimum absolute atomic E-state index is 0.235. The Balaban J connectivity index is 2.38. The molecule has 0 saturated heterocycles. The fourth-order valence-corrected chi connectivity index (χ4v) is 3.01. The van der Waals surface area contributed by atoms with E-state index in [4.69, 9.17) is 0 Å². The lowest BCUT2D eigenvalue weighted by Gasteiger charge is -2.15. The van der Waals surface area contributed by atoms with Crippen LogP contribution >= 0.6 is 0 Å². The summed E-state index contributed by atoms with van der Waals surface area (Å²) in [6.45, 7) is 5.37. The van der Waals surface area contributed by atoms with Gasteiger partial charge in [0.2, 0.25) is 5.91 Å². The topological polar surface area (TPSA) is 56.0 Å². The summed E-state index contributed by atoms with van der Waals surface area (Å²) in [5, 5.41) is 2.71. The summed E-state index contributed by atoms with van der Waals surface area (Å²) in [4.78, 5) is 24.7. The minimum Gasteiger partial charge on any atom is -0.320 e. The van der Waals surface area contributed by atoms with Crippen LogP contribution in [-0.2, 0) is 11.2 Å². The first-order valence-corrected chi connectivity index (χ1v) is 8.30. The Hall–Kier alpha value is -3.08. The highest BCUT2D eigenvalue weighted by molar-refractivity contribution is 5.89. The monoisotopic (exact) mass is 335 g/mol. The Morgan fingerprint density at radius 1 is 1.00 bits per heavy atom. The molecule has 1 N–H and O–H groups in total. The van der Waals surface area contributed by atoms with Gasteiger partial charge in [-0.25, -0.2) is 9.36 Å². The molecule has 0 saturated carbocycles. The SMILES string of the molecule is CCc1c(NC(C)=O)c(=O)n(-c2cccc(C)c2)n1-c1ccccc1. The fraction of sp³-hybridized carbons (Fsp3) is 0.200. The van der Waals surface area contributed by atoms with E-state index in [1.807, 2.05) is 73.1 Å². The molecule has 25 heavy (non-hydrogen) atoms. The van der Waals surface area contributed by atoms with Crippen molar-refractivity contribution in [1.82, 2.24) is 9.36 Å². The second-order valence-corrected chi connectivity index (χ2v) is 5.96. The largest absolute Gasteiger partial charge is 0.320 e. The van der Waals surface area contributed by atoms with E-state index in [1.165, 1.54) is 6.92 Å². The molecule has 1 heterocycles. The number of anilines is 1. The second-order valence-electron chi connectivity index (χ2n) is 5.96. The van der Waals surface area contributed by atoms with Crippen molar-refractivity contribution in [2.24, 2.45) is 0 Å². The standard InChI is InChI=1S/C20H21N3O2/c1-4-18-19(21-15(3)24)20(25)23(17-12-8-9-14(2)13-17)22(18)16-10-6-5-7-11-16/h5-13H,4H2,1-3H3,(H,21,24). The Morgan fingerprint density at radius 3 is 2.28 bits per heavy atom. The van der Waals surface area contributed by atoms with Crippen LogP contribution in [0.2, 0.25) is 0 Å². The Labute approximate surface area is 146 Å². The zero-order valence-corrected chi connectivity index (χ0v) is 14.6. The number of carbonyl (C=O) groups excluding carboxylic acids is 1. The number of para-hydroxylation sites is 1. The Kier molecular flexibility index (Phi) is 4.57. The molecular weight excluding hydrogens is 314 g/mol. The molecule has 0 bridgehead atoms. The maximum atomic E-state index is 13.1. The lowest BCUT2D eigenvalue weighted by molar-refractivity contribution is -0.114. The van der Waals surface area contributed by atoms with Crippen molar-refractivity contribution >= 4 is 11.6 Å². The van der Waals surface area contributed by atoms with Crippen LogP contribution in [-0.4, -0.2) is 15.3 Å². The molecule has 5 nitrogen and oxygen atoms in total. The first-order valence-electron chi connectivity index (χ1n) is 8.30. The van der Waals surface area contributed by atoms with Gasteiger partial charge < -0.3 is 5.32 Å². The summed E-state index contributed by atoms with van der Waals surface area (Å²) >= 11 is 0. The summed E-state index contributed by atoms with van der Waals surface area (Å²) in [5.41, 5.74) is 3.56. The van der Waals surface area contributed by atoms with Gasteiger partial charge in [0, 0.05) is 6.92 Å². The molecule has 0 atom stereocenters. The number of hydrogen-bond acceptors (Lipinski definition) is 2. The van der Waals surface area contributed by atoms with Crippen molar-refractivity contribution in [2.75, 3.05) is 5.32 Å². The molecular formula is C20H21N3O2. The number of aryl methyl sites for hydroxylation is 1. The molecule has 0 unspecified atom stereocenters. The first kappa shape index (κ1) is 16.8. The van der Waals surface area contributed by atoms with Crippen molar-refractivity contribution in [3.63, 3.8) is 0 Å². The van der Waals surface area contributed by atoms with Crippen LogP contribution in [0.15, 0.2) is 59.4 Å². The predicted octanol–water partition coefficient (Wildman–Crippen LogP) is 3.46. The van der Waals surface area contributed by atoms with Gasteiger partial charge in [0.15, 0.2) is 0 Å². The second kappa shape index (κ2) is 6.81. The Bertz CT molecular complexity index is 968. The van der Waals surface area contributed by atoms with Crippen molar-refractivity contribution in [1.29, 1.82) is 0 Å². The van der Waals surface area contributed by atoms with E-state index in [1.54, 1.807) is 4.68 Å². The quantitative estimate of drug-likeness (QED) is 0.794. The fourth-order valence-electron chi connectivity index (χ4n) is 3.01. The number of benzene rings is 2. The van der Waals surface area contributed by atoms with Crippen LogP contribution in [0.1, 0.15) is 25.1 Å². The van der Waals surface area contributed by atoms with Gasteiger partial charge in [0.25, 0.3) is 5.56 Å². The highest BCUT2D eigenvalue weighted by atomic mass is 16.2. The number of aromatic nitrogens is 2. The van der Waals surface area contributed by atoms with Crippen molar-refractivity contribution in [3.8, 4) is 11.4 Å². The van der Waals surface area contributed by atoms with Crippen LogP contribution in [0.25, 0.3) is 11.4 Å². The molecule has 1 aromatic heterocycles. The predicted molar refractivity (Wildman–Crippen MR) is 99.8 cm³/mol. The number of amides is 1. The molecule has 5 heteroatoms. The highest BCUT2D eigenvalue weighted by Gasteiger charge is 2.21. The molecule has 0 fully saturated rings. The van der Waals surface area contributed by atoms with E-state index in [-0.39, 0.29) is 11.5 Å². The van der Waals surface area contributed by atoms with Crippen LogP contribution in [0.4, 0.5) is 5.69 Å². The van der Waals surface area contributed by atoms with Gasteiger partial charge in [0.1, 0.15) is 5.69 Å². The molecule has 3 rings (SSSR count). The third-order valence-electron chi connectivity index (χ3n) is 4.03. The van der Waals surface area contributed by atoms with Gasteiger partial charge >= 0.3 is 0 Å². The lowest BCUT2D eigenvalue weighted by Crippen LogP contribution is -2.22. The summed E-state index contributed by atoms with van der Waals surface area (Å²) in [6.07, 6.45) is 0.610. The van der Waals surface area contributed by atoms with Gasteiger partial charge in [-0.3, -0.25) is 9.59 Å². The van der Waals surface area contributed by atoms with E-state index in [0.717, 1.165) is 22.6 Å². The van der Waals surface area contributed by atoms with Crippen LogP contribution in [0.3, 0.4) is 0 Å². The van der Waals surface area contributed by atoms with Gasteiger partial charge in [-0.1, -0.05) is 37.3 Å². The maximum absolute atomic E-state index is 13.1. The molecule has 0 spiro atoms. The number of carbonyl (C=O) groups is 1. The van der Waals surface area contributed by atoms with E-state index in [0.29, 0.717) is 12.1 Å². The van der Waals surface area contributed by atoms with E-state index >= 15 is 0 Å². The summed E-state index contributed by atoms with van der Waals surface area (Å²) < 4.78 is 3.49. The highest BCUT2D eigenvalue weighted by Crippen LogP contribution is 2.22. The van der Waals surface area contributed by atoms with E-state index < -0.39 is 0 Å². The van der Waals surface area contributed by atoms with Crippen molar-refractivity contribution < 1.29 is 4.79 Å². The first-order chi connectivity index (χ1) is 12.0. The molecule has 0 aliphatic heterocycles. The summed E-state index contributed by atoms with van der Waals surface area (Å²) in [5.74, 6) is -0.256. The lowest BCUT2D eigenvalue weighted by atomic mass is 10.2. The van der Waals surface area contributed by atoms with Gasteiger partial charge in [-0.2, -0.15) is 0 Å². The molecule has 3 aromatic rings. The zero-order valence-electron chi connectivity index (χ0n) is 14.6. The van der Waals surface area contributed by atoms with Crippen LogP contribution in [0.5, 0.6) is 0 Å². The van der Waals surface area contributed by atoms with Gasteiger partial charge in [-0.05, 0) is 43.2 Å². The third-order valence-corrected chi connectivity index (χ3v) is 4.03. The number of nitrogens with one attached hydrogen (secondary N) is 1. The maximum Gasteiger partial charge on any atom is 0.295 e. The molecule has 0 radical (unpaired) electrons. The Morgan fingerprint density at radius 2 is 1.68 bits per heavy atom. The van der Waals surface area contributed by atoms with Crippen molar-refractivity contribution in [2.45, 2.75) is 27.2 Å². The molecule has 2 aromatic carbocycles. The average molecular weight is 335 g/mol. The molecule has 0 aliphatic rings. The molecule has 1 amide bonds. The van der Waals surface area contributed by atoms with Crippen LogP contribution < -0.4 is 10.9 Å². The summed E-state index contributed by atoms with van der Waals surface area (Å²) in [6, 6.07) is 17.4. The van der Waals surface area contributed by atoms with E-state index in [9.17, 15) is 9.59 Å². The average Bonchev–Trinajstić information content (AvgIpc) is 2.87. The molecule has 128 valence electrons. The minimum atomic E-state index is -0.256. The van der Waals surface area contributed by atoms with Crippen LogP contribution in [0, 0.1) is 6.92 Å². The van der Waals surface area contributed by atoms with Gasteiger partial charge in [-0.15, -0.1) is 0 Å². The third kappa shape index (κ3) is 3.13. The smallest absolute Gasteiger partial charge is 0.295 e. The van der Waals surface area contributed by atoms with E-state index in [2.05, 4.69) is 5.32 Å². The van der Waals surface area contributed by atoms with Gasteiger partial charge in [0.05, 0.1) is 17.1 Å². The summed E-state index contributed by atoms with van der Waals surface area (Å²) in [7, 11) is 0.